The van der Waals surface area contributed by atoms with Crippen molar-refractivity contribution >= 4 is 5.97 Å². The van der Waals surface area contributed by atoms with Crippen LogP contribution < -0.4 is 14.2 Å². The minimum atomic E-state index is -1.53. The Labute approximate surface area is 229 Å². The molecule has 4 aliphatic rings. The van der Waals surface area contributed by atoms with E-state index in [9.17, 15) is 35.4 Å². The standard InChI is InChI=1S/C28H32O12/c1-36-19-3-11(2-12(7-29)23(19)31)21-14-5-17-18(39-10-38-17)6-15(14)27(16-9-37-28(35)22(16)21)40-20-4-13(8-30)24(32)26(34)25(20)33/h2-3,5-6,13,16,20-22,24-27,29-34H,4,7-10H2,1H3/t13?,16-,20+,21+,22?,24+,25?,26-,27+/m0/s1. The summed E-state index contributed by atoms with van der Waals surface area (Å²) in [6.45, 7) is -0.830. The van der Waals surface area contributed by atoms with Crippen molar-refractivity contribution in [1.29, 1.82) is 0 Å². The van der Waals surface area contributed by atoms with Gasteiger partial charge in [0.1, 0.15) is 12.2 Å². The zero-order valence-electron chi connectivity index (χ0n) is 21.7. The van der Waals surface area contributed by atoms with Crippen LogP contribution in [0.25, 0.3) is 0 Å². The van der Waals surface area contributed by atoms with Gasteiger partial charge in [-0.2, -0.15) is 0 Å². The lowest BCUT2D eigenvalue weighted by molar-refractivity contribution is -0.199. The van der Waals surface area contributed by atoms with Crippen LogP contribution in [-0.4, -0.2) is 88.1 Å². The zero-order valence-corrected chi connectivity index (χ0v) is 21.7. The fraction of sp³-hybridized carbons (Fsp3) is 0.536. The van der Waals surface area contributed by atoms with Gasteiger partial charge >= 0.3 is 5.97 Å². The second-order valence-electron chi connectivity index (χ2n) is 10.8. The van der Waals surface area contributed by atoms with Crippen molar-refractivity contribution in [3.05, 3.63) is 46.5 Å². The van der Waals surface area contributed by atoms with Gasteiger partial charge in [-0.25, -0.2) is 0 Å². The number of fused-ring (bicyclic) bond motifs is 3. The van der Waals surface area contributed by atoms with Crippen molar-refractivity contribution in [1.82, 2.24) is 0 Å². The molecule has 0 aromatic heterocycles. The summed E-state index contributed by atoms with van der Waals surface area (Å²) in [5, 5.41) is 61.7. The molecule has 12 nitrogen and oxygen atoms in total. The first-order valence-electron chi connectivity index (χ1n) is 13.2. The minimum absolute atomic E-state index is 0.00854. The fourth-order valence-electron chi connectivity index (χ4n) is 6.62. The monoisotopic (exact) mass is 560 g/mol. The molecular formula is C28H32O12. The van der Waals surface area contributed by atoms with Gasteiger partial charge in [0, 0.05) is 29.9 Å². The van der Waals surface area contributed by atoms with Crippen LogP contribution >= 0.6 is 0 Å². The molecule has 3 unspecified atom stereocenters. The maximum absolute atomic E-state index is 13.3. The normalized spacial score (nSPS) is 34.2. The molecule has 12 heteroatoms. The molecule has 0 bridgehead atoms. The number of carbonyl (C=O) groups excluding carboxylic acids is 1. The SMILES string of the molecule is COc1cc([C@@H]2c3cc4c(cc3[C@@H](O[C@@H]3CC(CO)[C@@H](O)[C@H](O)C3O)[C@H]3COC(=O)C23)OCO4)cc(CO)c1O. The maximum Gasteiger partial charge on any atom is 0.310 e. The zero-order chi connectivity index (χ0) is 28.3. The first-order valence-corrected chi connectivity index (χ1v) is 13.2. The van der Waals surface area contributed by atoms with Gasteiger partial charge in [-0.1, -0.05) is 0 Å². The largest absolute Gasteiger partial charge is 0.504 e. The Hall–Kier alpha value is -3.13. The summed E-state index contributed by atoms with van der Waals surface area (Å²) >= 11 is 0. The molecule has 0 radical (unpaired) electrons. The lowest BCUT2D eigenvalue weighted by atomic mass is 9.66. The van der Waals surface area contributed by atoms with Crippen molar-refractivity contribution in [3.8, 4) is 23.0 Å². The number of aliphatic hydroxyl groups is 5. The topological polar surface area (TPSA) is 185 Å². The van der Waals surface area contributed by atoms with E-state index in [0.29, 0.717) is 28.2 Å². The van der Waals surface area contributed by atoms with Gasteiger partial charge in [0.2, 0.25) is 6.79 Å². The Morgan fingerprint density at radius 2 is 1.68 bits per heavy atom. The van der Waals surface area contributed by atoms with E-state index < -0.39 is 73.4 Å². The predicted octanol–water partition coefficient (Wildman–Crippen LogP) is 0.0777. The Kier molecular flexibility index (Phi) is 7.01. The van der Waals surface area contributed by atoms with E-state index in [-0.39, 0.29) is 36.9 Å². The molecule has 1 saturated carbocycles. The first kappa shape index (κ1) is 27.1. The highest BCUT2D eigenvalue weighted by atomic mass is 16.7. The van der Waals surface area contributed by atoms with Gasteiger partial charge in [0.25, 0.3) is 0 Å². The summed E-state index contributed by atoms with van der Waals surface area (Å²) in [5.41, 5.74) is 2.14. The third-order valence-electron chi connectivity index (χ3n) is 8.70. The summed E-state index contributed by atoms with van der Waals surface area (Å²) in [6, 6.07) is 6.77. The summed E-state index contributed by atoms with van der Waals surface area (Å²) in [5.74, 6) is -2.16. The molecule has 6 N–H and O–H groups in total. The predicted molar refractivity (Wildman–Crippen MR) is 134 cm³/mol. The number of carbonyl (C=O) groups is 1. The molecule has 2 heterocycles. The van der Waals surface area contributed by atoms with Crippen LogP contribution in [0.2, 0.25) is 0 Å². The van der Waals surface area contributed by atoms with Crippen molar-refractivity contribution in [3.63, 3.8) is 0 Å². The Morgan fingerprint density at radius 1 is 0.950 bits per heavy atom. The third-order valence-corrected chi connectivity index (χ3v) is 8.70. The lowest BCUT2D eigenvalue weighted by Gasteiger charge is -2.44. The molecule has 2 aromatic rings. The number of aliphatic hydroxyl groups excluding tert-OH is 5. The summed E-state index contributed by atoms with van der Waals surface area (Å²) in [6.07, 6.45) is -5.93. The van der Waals surface area contributed by atoms with Crippen LogP contribution in [0.3, 0.4) is 0 Å². The van der Waals surface area contributed by atoms with Crippen LogP contribution in [0.1, 0.15) is 40.7 Å². The van der Waals surface area contributed by atoms with Crippen LogP contribution in [0.5, 0.6) is 23.0 Å². The molecule has 9 atom stereocenters. The number of hydrogen-bond acceptors (Lipinski definition) is 12. The number of cyclic esters (lactones) is 1. The van der Waals surface area contributed by atoms with E-state index in [1.807, 2.05) is 0 Å². The molecule has 2 fully saturated rings. The minimum Gasteiger partial charge on any atom is -0.504 e. The second-order valence-corrected chi connectivity index (χ2v) is 10.8. The molecule has 2 aromatic carbocycles. The van der Waals surface area contributed by atoms with Crippen LogP contribution in [0.15, 0.2) is 24.3 Å². The molecule has 0 spiro atoms. The Balaban J connectivity index is 1.48. The molecule has 2 aliphatic heterocycles. The molecule has 216 valence electrons. The second kappa shape index (κ2) is 10.4. The van der Waals surface area contributed by atoms with E-state index in [1.165, 1.54) is 7.11 Å². The van der Waals surface area contributed by atoms with E-state index in [1.54, 1.807) is 24.3 Å². The van der Waals surface area contributed by atoms with Crippen molar-refractivity contribution in [2.75, 3.05) is 27.1 Å². The summed E-state index contributed by atoms with van der Waals surface area (Å²) < 4.78 is 28.6. The molecule has 2 aliphatic carbocycles. The summed E-state index contributed by atoms with van der Waals surface area (Å²) in [7, 11) is 1.39. The van der Waals surface area contributed by atoms with E-state index >= 15 is 0 Å². The van der Waals surface area contributed by atoms with Crippen molar-refractivity contribution < 1.29 is 59.1 Å². The number of aromatic hydroxyl groups is 1. The highest BCUT2D eigenvalue weighted by Gasteiger charge is 2.55. The first-order chi connectivity index (χ1) is 19.3. The lowest BCUT2D eigenvalue weighted by Crippen LogP contribution is -2.55. The van der Waals surface area contributed by atoms with Crippen LogP contribution in [0, 0.1) is 17.8 Å². The maximum atomic E-state index is 13.3. The van der Waals surface area contributed by atoms with Gasteiger partial charge in [0.05, 0.1) is 44.6 Å². The highest BCUT2D eigenvalue weighted by molar-refractivity contribution is 5.79. The Morgan fingerprint density at radius 3 is 2.35 bits per heavy atom. The van der Waals surface area contributed by atoms with E-state index in [4.69, 9.17) is 23.7 Å². The number of benzene rings is 2. The number of methoxy groups -OCH3 is 1. The van der Waals surface area contributed by atoms with E-state index in [2.05, 4.69) is 0 Å². The number of hydrogen-bond donors (Lipinski definition) is 6. The number of rotatable bonds is 6. The van der Waals surface area contributed by atoms with Gasteiger partial charge in [-0.15, -0.1) is 0 Å². The molecule has 6 rings (SSSR count). The smallest absolute Gasteiger partial charge is 0.310 e. The Bertz CT molecular complexity index is 1270. The fourth-order valence-corrected chi connectivity index (χ4v) is 6.62. The van der Waals surface area contributed by atoms with Gasteiger partial charge in [-0.3, -0.25) is 4.79 Å². The van der Waals surface area contributed by atoms with Gasteiger partial charge in [0.15, 0.2) is 23.0 Å². The number of phenols is 1. The average molecular weight is 561 g/mol. The number of ether oxygens (including phenoxy) is 5. The molecule has 1 saturated heterocycles. The van der Waals surface area contributed by atoms with Gasteiger partial charge in [-0.05, 0) is 47.4 Å². The van der Waals surface area contributed by atoms with Crippen LogP contribution in [0.4, 0.5) is 0 Å². The van der Waals surface area contributed by atoms with Gasteiger partial charge < -0.3 is 54.3 Å². The van der Waals surface area contributed by atoms with Crippen molar-refractivity contribution in [2.24, 2.45) is 17.8 Å². The van der Waals surface area contributed by atoms with E-state index in [0.717, 1.165) is 0 Å². The molecule has 0 amide bonds. The highest BCUT2D eigenvalue weighted by Crippen LogP contribution is 2.56. The number of esters is 1. The summed E-state index contributed by atoms with van der Waals surface area (Å²) in [4.78, 5) is 13.3. The van der Waals surface area contributed by atoms with Crippen molar-refractivity contribution in [2.45, 2.75) is 49.5 Å². The molecule has 40 heavy (non-hydrogen) atoms. The quantitative estimate of drug-likeness (QED) is 0.262. The third kappa shape index (κ3) is 4.18. The average Bonchev–Trinajstić information content (AvgIpc) is 3.58. The molecular weight excluding hydrogens is 528 g/mol. The van der Waals surface area contributed by atoms with Crippen LogP contribution in [-0.2, 0) is 20.9 Å².